The minimum atomic E-state index is -4.60. The Hall–Kier alpha value is -2.39. The molecule has 7 heteroatoms. The SMILES string of the molecule is N#Cc1ccc(Oc2ccc(N)cc2C(F)(F)F)cc1Cl. The van der Waals surface area contributed by atoms with Crippen molar-refractivity contribution in [2.45, 2.75) is 6.18 Å². The van der Waals surface area contributed by atoms with Crippen LogP contribution in [0.5, 0.6) is 11.5 Å². The summed E-state index contributed by atoms with van der Waals surface area (Å²) in [6.07, 6.45) is -4.60. The number of anilines is 1. The first kappa shape index (κ1) is 15.0. The van der Waals surface area contributed by atoms with Crippen LogP contribution in [0.25, 0.3) is 0 Å². The lowest BCUT2D eigenvalue weighted by Crippen LogP contribution is -2.08. The molecule has 0 aliphatic carbocycles. The van der Waals surface area contributed by atoms with Crippen molar-refractivity contribution in [1.82, 2.24) is 0 Å². The van der Waals surface area contributed by atoms with Gasteiger partial charge in [0, 0.05) is 11.8 Å². The predicted molar refractivity (Wildman–Crippen MR) is 72.1 cm³/mol. The van der Waals surface area contributed by atoms with Crippen LogP contribution < -0.4 is 10.5 Å². The number of hydrogen-bond acceptors (Lipinski definition) is 3. The molecule has 0 unspecified atom stereocenters. The Morgan fingerprint density at radius 2 is 1.86 bits per heavy atom. The van der Waals surface area contributed by atoms with Crippen molar-refractivity contribution < 1.29 is 17.9 Å². The second-order valence-corrected chi connectivity index (χ2v) is 4.52. The van der Waals surface area contributed by atoms with Gasteiger partial charge in [0.2, 0.25) is 0 Å². The summed E-state index contributed by atoms with van der Waals surface area (Å²) >= 11 is 5.81. The number of halogens is 4. The topological polar surface area (TPSA) is 59.0 Å². The molecule has 0 fully saturated rings. The number of alkyl halides is 3. The quantitative estimate of drug-likeness (QED) is 0.824. The second-order valence-electron chi connectivity index (χ2n) is 4.11. The van der Waals surface area contributed by atoms with E-state index < -0.39 is 17.5 Å². The van der Waals surface area contributed by atoms with Crippen molar-refractivity contribution >= 4 is 17.3 Å². The van der Waals surface area contributed by atoms with Crippen LogP contribution >= 0.6 is 11.6 Å². The maximum Gasteiger partial charge on any atom is 0.420 e. The number of nitrogen functional groups attached to an aromatic ring is 1. The Bertz CT molecular complexity index is 723. The molecule has 0 amide bonds. The van der Waals surface area contributed by atoms with E-state index in [-0.39, 0.29) is 22.0 Å². The average Bonchev–Trinajstić information content (AvgIpc) is 2.40. The van der Waals surface area contributed by atoms with Crippen molar-refractivity contribution in [3.05, 3.63) is 52.5 Å². The van der Waals surface area contributed by atoms with E-state index in [1.165, 1.54) is 24.3 Å². The lowest BCUT2D eigenvalue weighted by atomic mass is 10.1. The average molecular weight is 313 g/mol. The Morgan fingerprint density at radius 3 is 2.43 bits per heavy atom. The van der Waals surface area contributed by atoms with Gasteiger partial charge in [-0.3, -0.25) is 0 Å². The van der Waals surface area contributed by atoms with Crippen molar-refractivity contribution in [3.8, 4) is 17.6 Å². The first-order valence-corrected chi connectivity index (χ1v) is 6.03. The molecule has 0 bridgehead atoms. The standard InChI is InChI=1S/C14H8ClF3N2O/c15-12-6-10(3-1-8(12)7-19)21-13-4-2-9(20)5-11(13)14(16,17)18/h1-6H,20H2. The Balaban J connectivity index is 2.41. The van der Waals surface area contributed by atoms with E-state index in [1.54, 1.807) is 0 Å². The lowest BCUT2D eigenvalue weighted by molar-refractivity contribution is -0.138. The van der Waals surface area contributed by atoms with Gasteiger partial charge >= 0.3 is 6.18 Å². The zero-order valence-corrected chi connectivity index (χ0v) is 11.2. The summed E-state index contributed by atoms with van der Waals surface area (Å²) in [5.74, 6) is -0.299. The molecule has 0 saturated carbocycles. The van der Waals surface area contributed by atoms with Gasteiger partial charge in [0.25, 0.3) is 0 Å². The van der Waals surface area contributed by atoms with E-state index in [1.807, 2.05) is 6.07 Å². The fraction of sp³-hybridized carbons (Fsp3) is 0.0714. The van der Waals surface area contributed by atoms with Crippen molar-refractivity contribution in [3.63, 3.8) is 0 Å². The third kappa shape index (κ3) is 3.38. The molecule has 108 valence electrons. The number of nitrogens with two attached hydrogens (primary N) is 1. The highest BCUT2D eigenvalue weighted by atomic mass is 35.5. The highest BCUT2D eigenvalue weighted by Gasteiger charge is 2.34. The van der Waals surface area contributed by atoms with Crippen LogP contribution in [0.3, 0.4) is 0 Å². The van der Waals surface area contributed by atoms with Crippen LogP contribution in [0.1, 0.15) is 11.1 Å². The molecule has 0 spiro atoms. The molecule has 0 aliphatic heterocycles. The van der Waals surface area contributed by atoms with Crippen molar-refractivity contribution in [2.75, 3.05) is 5.73 Å². The van der Waals surface area contributed by atoms with E-state index in [9.17, 15) is 13.2 Å². The fourth-order valence-electron chi connectivity index (χ4n) is 1.64. The van der Waals surface area contributed by atoms with Crippen LogP contribution in [-0.2, 0) is 6.18 Å². The summed E-state index contributed by atoms with van der Waals surface area (Å²) in [6, 6.07) is 9.07. The molecule has 0 aromatic heterocycles. The monoisotopic (exact) mass is 312 g/mol. The number of nitriles is 1. The van der Waals surface area contributed by atoms with E-state index in [2.05, 4.69) is 0 Å². The van der Waals surface area contributed by atoms with E-state index >= 15 is 0 Å². The van der Waals surface area contributed by atoms with Crippen LogP contribution in [0, 0.1) is 11.3 Å². The van der Waals surface area contributed by atoms with Gasteiger partial charge < -0.3 is 10.5 Å². The normalized spacial score (nSPS) is 11.0. The summed E-state index contributed by atoms with van der Waals surface area (Å²) in [7, 11) is 0. The summed E-state index contributed by atoms with van der Waals surface area (Å²) < 4.78 is 44.0. The van der Waals surface area contributed by atoms with Crippen LogP contribution in [0.2, 0.25) is 5.02 Å². The van der Waals surface area contributed by atoms with Gasteiger partial charge in [-0.15, -0.1) is 0 Å². The van der Waals surface area contributed by atoms with Crippen LogP contribution in [0.4, 0.5) is 18.9 Å². The summed E-state index contributed by atoms with van der Waals surface area (Å²) in [4.78, 5) is 0. The van der Waals surface area contributed by atoms with Crippen LogP contribution in [-0.4, -0.2) is 0 Å². The number of ether oxygens (including phenoxy) is 1. The maximum atomic E-state index is 12.9. The molecule has 2 aromatic carbocycles. The highest BCUT2D eigenvalue weighted by molar-refractivity contribution is 6.31. The molecule has 0 radical (unpaired) electrons. The minimum Gasteiger partial charge on any atom is -0.457 e. The molecule has 0 heterocycles. The zero-order valence-electron chi connectivity index (χ0n) is 10.4. The molecule has 3 nitrogen and oxygen atoms in total. The smallest absolute Gasteiger partial charge is 0.420 e. The van der Waals surface area contributed by atoms with Gasteiger partial charge in [-0.25, -0.2) is 0 Å². The largest absolute Gasteiger partial charge is 0.457 e. The fourth-order valence-corrected chi connectivity index (χ4v) is 1.85. The van der Waals surface area contributed by atoms with E-state index in [0.717, 1.165) is 12.1 Å². The molecular weight excluding hydrogens is 305 g/mol. The number of benzene rings is 2. The maximum absolute atomic E-state index is 12.9. The van der Waals surface area contributed by atoms with Gasteiger partial charge in [0.05, 0.1) is 10.6 Å². The van der Waals surface area contributed by atoms with Gasteiger partial charge in [-0.2, -0.15) is 18.4 Å². The Kier molecular flexibility index (Phi) is 3.96. The minimum absolute atomic E-state index is 0.0208. The van der Waals surface area contributed by atoms with Gasteiger partial charge in [-0.1, -0.05) is 11.6 Å². The molecule has 0 atom stereocenters. The van der Waals surface area contributed by atoms with Crippen molar-refractivity contribution in [1.29, 1.82) is 5.26 Å². The Morgan fingerprint density at radius 1 is 1.14 bits per heavy atom. The predicted octanol–water partition coefficient (Wildman–Crippen LogP) is 4.60. The third-order valence-electron chi connectivity index (χ3n) is 2.60. The highest BCUT2D eigenvalue weighted by Crippen LogP contribution is 2.39. The first-order valence-electron chi connectivity index (χ1n) is 5.65. The van der Waals surface area contributed by atoms with Crippen LogP contribution in [0.15, 0.2) is 36.4 Å². The second kappa shape index (κ2) is 5.54. The first-order chi connectivity index (χ1) is 9.81. The molecule has 2 N–H and O–H groups in total. The number of hydrogen-bond donors (Lipinski definition) is 1. The van der Waals surface area contributed by atoms with Crippen molar-refractivity contribution in [2.24, 2.45) is 0 Å². The molecular formula is C14H8ClF3N2O. The molecule has 2 aromatic rings. The molecule has 0 aliphatic rings. The van der Waals surface area contributed by atoms with E-state index in [0.29, 0.717) is 0 Å². The Labute approximate surface area is 123 Å². The van der Waals surface area contributed by atoms with E-state index in [4.69, 9.17) is 27.3 Å². The summed E-state index contributed by atoms with van der Waals surface area (Å²) in [5.41, 5.74) is 4.57. The number of rotatable bonds is 2. The number of nitrogens with zero attached hydrogens (tertiary/aromatic N) is 1. The third-order valence-corrected chi connectivity index (χ3v) is 2.91. The molecule has 0 saturated heterocycles. The summed E-state index contributed by atoms with van der Waals surface area (Å²) in [5, 5.41) is 8.84. The van der Waals surface area contributed by atoms with Gasteiger partial charge in [0.15, 0.2) is 0 Å². The van der Waals surface area contributed by atoms with Gasteiger partial charge in [0.1, 0.15) is 23.1 Å². The zero-order chi connectivity index (χ0) is 15.6. The summed E-state index contributed by atoms with van der Waals surface area (Å²) in [6.45, 7) is 0. The van der Waals surface area contributed by atoms with Gasteiger partial charge in [-0.05, 0) is 30.3 Å². The molecule has 21 heavy (non-hydrogen) atoms. The lowest BCUT2D eigenvalue weighted by Gasteiger charge is -2.14. The molecule has 2 rings (SSSR count).